The Labute approximate surface area is 148 Å². The van der Waals surface area contributed by atoms with Crippen LogP contribution in [0.25, 0.3) is 0 Å². The van der Waals surface area contributed by atoms with Crippen molar-refractivity contribution >= 4 is 34.6 Å². The Bertz CT molecular complexity index is 691. The number of halogens is 1. The van der Waals surface area contributed by atoms with Gasteiger partial charge in [0.05, 0.1) is 5.54 Å². The van der Waals surface area contributed by atoms with Crippen LogP contribution in [0.2, 0.25) is 5.02 Å². The minimum atomic E-state index is -0.0592. The second kappa shape index (κ2) is 6.90. The van der Waals surface area contributed by atoms with Crippen molar-refractivity contribution < 1.29 is 0 Å². The average molecular weight is 345 g/mol. The molecule has 0 atom stereocenters. The van der Waals surface area contributed by atoms with E-state index >= 15 is 0 Å². The molecule has 0 saturated heterocycles. The highest BCUT2D eigenvalue weighted by Gasteiger charge is 2.36. The molecule has 3 rings (SSSR count). The zero-order valence-corrected chi connectivity index (χ0v) is 14.8. The lowest BCUT2D eigenvalue weighted by molar-refractivity contribution is 0.408. The first-order chi connectivity index (χ1) is 11.1. The number of rotatable bonds is 3. The Kier molecular flexibility index (Phi) is 4.88. The lowest BCUT2D eigenvalue weighted by atomic mass is 9.88. The van der Waals surface area contributed by atoms with Gasteiger partial charge in [-0.3, -0.25) is 0 Å². The van der Waals surface area contributed by atoms with Crippen molar-refractivity contribution in [3.63, 3.8) is 0 Å². The van der Waals surface area contributed by atoms with Gasteiger partial charge in [0, 0.05) is 10.7 Å². The van der Waals surface area contributed by atoms with E-state index in [1.807, 2.05) is 24.3 Å². The van der Waals surface area contributed by atoms with Crippen molar-refractivity contribution in [2.75, 3.05) is 5.32 Å². The summed E-state index contributed by atoms with van der Waals surface area (Å²) in [5.74, 6) is 0. The molecule has 4 heteroatoms. The molecule has 1 aliphatic rings. The molecule has 1 saturated carbocycles. The van der Waals surface area contributed by atoms with Crippen molar-refractivity contribution in [3.05, 3.63) is 64.7 Å². The molecular weight excluding hydrogens is 324 g/mol. The van der Waals surface area contributed by atoms with Crippen LogP contribution in [0.1, 0.15) is 36.8 Å². The van der Waals surface area contributed by atoms with Crippen LogP contribution in [0.3, 0.4) is 0 Å². The van der Waals surface area contributed by atoms with E-state index in [1.165, 1.54) is 24.0 Å². The minimum Gasteiger partial charge on any atom is -0.353 e. The van der Waals surface area contributed by atoms with Crippen molar-refractivity contribution in [2.24, 2.45) is 0 Å². The van der Waals surface area contributed by atoms with E-state index in [2.05, 4.69) is 41.8 Å². The number of nitrogens with one attached hydrogen (secondary N) is 2. The fourth-order valence-electron chi connectivity index (χ4n) is 3.28. The molecule has 120 valence electrons. The van der Waals surface area contributed by atoms with Crippen LogP contribution in [-0.4, -0.2) is 5.11 Å². The maximum absolute atomic E-state index is 6.03. The van der Waals surface area contributed by atoms with Gasteiger partial charge in [0.25, 0.3) is 0 Å². The van der Waals surface area contributed by atoms with Crippen LogP contribution in [0.5, 0.6) is 0 Å². The monoisotopic (exact) mass is 344 g/mol. The van der Waals surface area contributed by atoms with E-state index in [-0.39, 0.29) is 5.54 Å². The van der Waals surface area contributed by atoms with E-state index in [1.54, 1.807) is 0 Å². The largest absolute Gasteiger partial charge is 0.353 e. The van der Waals surface area contributed by atoms with Crippen molar-refractivity contribution in [3.8, 4) is 0 Å². The summed E-state index contributed by atoms with van der Waals surface area (Å²) in [5.41, 5.74) is 3.44. The van der Waals surface area contributed by atoms with Gasteiger partial charge < -0.3 is 10.6 Å². The van der Waals surface area contributed by atoms with Crippen LogP contribution >= 0.6 is 23.8 Å². The van der Waals surface area contributed by atoms with Crippen molar-refractivity contribution in [1.82, 2.24) is 5.32 Å². The summed E-state index contributed by atoms with van der Waals surface area (Å²) in [4.78, 5) is 0. The standard InChI is InChI=1S/C19H21ClN2S/c1-14-7-9-15(10-8-14)19(11-2-3-12-19)22-18(23)21-17-6-4-5-16(20)13-17/h4-10,13H,2-3,11-12H2,1H3,(H2,21,22,23). The first kappa shape index (κ1) is 16.3. The molecule has 0 heterocycles. The summed E-state index contributed by atoms with van der Waals surface area (Å²) in [7, 11) is 0. The van der Waals surface area contributed by atoms with Gasteiger partial charge in [-0.05, 0) is 55.7 Å². The number of hydrogen-bond donors (Lipinski definition) is 2. The Hall–Kier alpha value is -1.58. The molecule has 0 amide bonds. The van der Waals surface area contributed by atoms with Gasteiger partial charge in [0.15, 0.2) is 5.11 Å². The normalized spacial score (nSPS) is 16.1. The van der Waals surface area contributed by atoms with Gasteiger partial charge in [-0.1, -0.05) is 60.3 Å². The fraction of sp³-hybridized carbons (Fsp3) is 0.316. The minimum absolute atomic E-state index is 0.0592. The Balaban J connectivity index is 1.77. The number of thiocarbonyl (C=S) groups is 1. The number of hydrogen-bond acceptors (Lipinski definition) is 1. The number of anilines is 1. The van der Waals surface area contributed by atoms with Crippen LogP contribution in [-0.2, 0) is 5.54 Å². The molecule has 0 aromatic heterocycles. The summed E-state index contributed by atoms with van der Waals surface area (Å²) in [6.45, 7) is 2.11. The number of aryl methyl sites for hydroxylation is 1. The summed E-state index contributed by atoms with van der Waals surface area (Å²) in [6.07, 6.45) is 4.65. The second-order valence-corrected chi connectivity index (χ2v) is 7.09. The van der Waals surface area contributed by atoms with Gasteiger partial charge in [-0.15, -0.1) is 0 Å². The molecule has 0 bridgehead atoms. The average Bonchev–Trinajstić information content (AvgIpc) is 2.97. The molecule has 0 unspecified atom stereocenters. The zero-order valence-electron chi connectivity index (χ0n) is 13.2. The van der Waals surface area contributed by atoms with Gasteiger partial charge in [-0.25, -0.2) is 0 Å². The highest BCUT2D eigenvalue weighted by atomic mass is 35.5. The second-order valence-electron chi connectivity index (χ2n) is 6.24. The van der Waals surface area contributed by atoms with E-state index in [0.717, 1.165) is 18.5 Å². The lowest BCUT2D eigenvalue weighted by Crippen LogP contribution is -2.45. The third-order valence-corrected chi connectivity index (χ3v) is 4.94. The summed E-state index contributed by atoms with van der Waals surface area (Å²) in [5, 5.41) is 8.17. The summed E-state index contributed by atoms with van der Waals surface area (Å²) >= 11 is 11.6. The van der Waals surface area contributed by atoms with Crippen molar-refractivity contribution in [2.45, 2.75) is 38.1 Å². The van der Waals surface area contributed by atoms with Gasteiger partial charge in [0.1, 0.15) is 0 Å². The van der Waals surface area contributed by atoms with E-state index in [4.69, 9.17) is 23.8 Å². The molecule has 0 aliphatic heterocycles. The molecule has 2 aromatic carbocycles. The molecule has 1 aliphatic carbocycles. The predicted octanol–water partition coefficient (Wildman–Crippen LogP) is 5.40. The Morgan fingerprint density at radius 2 is 1.78 bits per heavy atom. The molecule has 23 heavy (non-hydrogen) atoms. The Morgan fingerprint density at radius 1 is 1.09 bits per heavy atom. The molecule has 2 aromatic rings. The third kappa shape index (κ3) is 3.85. The first-order valence-corrected chi connectivity index (χ1v) is 8.78. The smallest absolute Gasteiger partial charge is 0.171 e. The molecule has 1 fully saturated rings. The maximum atomic E-state index is 6.03. The fourth-order valence-corrected chi connectivity index (χ4v) is 3.79. The molecular formula is C19H21ClN2S. The predicted molar refractivity (Wildman–Crippen MR) is 102 cm³/mol. The quantitative estimate of drug-likeness (QED) is 0.728. The third-order valence-electron chi connectivity index (χ3n) is 4.50. The van der Waals surface area contributed by atoms with E-state index in [0.29, 0.717) is 10.1 Å². The van der Waals surface area contributed by atoms with E-state index < -0.39 is 0 Å². The van der Waals surface area contributed by atoms with Crippen LogP contribution in [0.15, 0.2) is 48.5 Å². The molecule has 2 nitrogen and oxygen atoms in total. The molecule has 0 spiro atoms. The van der Waals surface area contributed by atoms with Crippen molar-refractivity contribution in [1.29, 1.82) is 0 Å². The molecule has 2 N–H and O–H groups in total. The molecule has 0 radical (unpaired) electrons. The lowest BCUT2D eigenvalue weighted by Gasteiger charge is -2.32. The topological polar surface area (TPSA) is 24.1 Å². The van der Waals surface area contributed by atoms with Gasteiger partial charge in [-0.2, -0.15) is 0 Å². The number of benzene rings is 2. The van der Waals surface area contributed by atoms with Crippen LogP contribution in [0.4, 0.5) is 5.69 Å². The highest BCUT2D eigenvalue weighted by Crippen LogP contribution is 2.38. The van der Waals surface area contributed by atoms with Crippen LogP contribution < -0.4 is 10.6 Å². The van der Waals surface area contributed by atoms with E-state index in [9.17, 15) is 0 Å². The SMILES string of the molecule is Cc1ccc(C2(NC(=S)Nc3cccc(Cl)c3)CCCC2)cc1. The highest BCUT2D eigenvalue weighted by molar-refractivity contribution is 7.80. The summed E-state index contributed by atoms with van der Waals surface area (Å²) in [6, 6.07) is 16.4. The van der Waals surface area contributed by atoms with Gasteiger partial charge >= 0.3 is 0 Å². The summed E-state index contributed by atoms with van der Waals surface area (Å²) < 4.78 is 0. The Morgan fingerprint density at radius 3 is 2.43 bits per heavy atom. The van der Waals surface area contributed by atoms with Gasteiger partial charge in [0.2, 0.25) is 0 Å². The van der Waals surface area contributed by atoms with Crippen LogP contribution in [0, 0.1) is 6.92 Å². The maximum Gasteiger partial charge on any atom is 0.171 e. The zero-order chi connectivity index (χ0) is 16.3. The first-order valence-electron chi connectivity index (χ1n) is 7.99.